The summed E-state index contributed by atoms with van der Waals surface area (Å²) in [5.74, 6) is -1.08. The fourth-order valence-electron chi connectivity index (χ4n) is 1.78. The van der Waals surface area contributed by atoms with E-state index >= 15 is 0 Å². The molecule has 0 aliphatic carbocycles. The molecule has 104 valence electrons. The van der Waals surface area contributed by atoms with E-state index in [-0.39, 0.29) is 11.4 Å². The molecule has 1 heterocycles. The van der Waals surface area contributed by atoms with Crippen molar-refractivity contribution in [2.75, 3.05) is 5.32 Å². The van der Waals surface area contributed by atoms with E-state index in [0.717, 1.165) is 5.56 Å². The topological polar surface area (TPSA) is 92.5 Å². The smallest absolute Gasteiger partial charge is 0.331 e. The number of anilines is 1. The number of nitro benzene ring substituents is 1. The Bertz CT molecular complexity index is 640. The Morgan fingerprint density at radius 1 is 1.45 bits per heavy atom. The van der Waals surface area contributed by atoms with Crippen LogP contribution in [0.1, 0.15) is 16.5 Å². The molecule has 0 aliphatic rings. The van der Waals surface area contributed by atoms with Crippen LogP contribution in [-0.4, -0.2) is 16.0 Å². The predicted molar refractivity (Wildman–Crippen MR) is 76.2 cm³/mol. The van der Waals surface area contributed by atoms with Crippen molar-refractivity contribution in [2.24, 2.45) is 0 Å². The van der Waals surface area contributed by atoms with Gasteiger partial charge in [-0.3, -0.25) is 10.1 Å². The van der Waals surface area contributed by atoms with E-state index in [2.05, 4.69) is 5.32 Å². The molecule has 0 radical (unpaired) electrons. The van der Waals surface area contributed by atoms with E-state index in [1.165, 1.54) is 23.5 Å². The number of carboxylic acids is 1. The summed E-state index contributed by atoms with van der Waals surface area (Å²) in [6.45, 7) is 1.74. The first-order chi connectivity index (χ1) is 9.49. The van der Waals surface area contributed by atoms with E-state index in [1.54, 1.807) is 30.5 Å². The first-order valence-corrected chi connectivity index (χ1v) is 6.65. The van der Waals surface area contributed by atoms with Gasteiger partial charge >= 0.3 is 5.97 Å². The number of nitrogens with one attached hydrogen (secondary N) is 1. The lowest BCUT2D eigenvalue weighted by Gasteiger charge is -2.14. The first kappa shape index (κ1) is 14.0. The number of aliphatic carboxylic acids is 1. The maximum Gasteiger partial charge on any atom is 0.331 e. The van der Waals surface area contributed by atoms with Crippen LogP contribution in [0.5, 0.6) is 0 Å². The highest BCUT2D eigenvalue weighted by Crippen LogP contribution is 2.30. The first-order valence-electron chi connectivity index (χ1n) is 5.77. The number of thiophene rings is 1. The average molecular weight is 292 g/mol. The minimum absolute atomic E-state index is 0.132. The third kappa shape index (κ3) is 2.94. The summed E-state index contributed by atoms with van der Waals surface area (Å²) in [6, 6.07) is 7.05. The number of nitro groups is 1. The standard InChI is InChI=1S/C13H12N2O4S/c1-8-4-5-9(10(7-8)15(18)19)14-12(13(16)17)11-3-2-6-20-11/h2-7,12,14H,1H3,(H,16,17). The fraction of sp³-hybridized carbons (Fsp3) is 0.154. The molecule has 0 saturated heterocycles. The zero-order valence-electron chi connectivity index (χ0n) is 10.6. The SMILES string of the molecule is Cc1ccc(NC(C(=O)O)c2cccs2)c([N+](=O)[O-])c1. The molecule has 7 heteroatoms. The lowest BCUT2D eigenvalue weighted by molar-refractivity contribution is -0.384. The number of hydrogen-bond acceptors (Lipinski definition) is 5. The molecule has 20 heavy (non-hydrogen) atoms. The number of benzene rings is 1. The van der Waals surface area contributed by atoms with Crippen LogP contribution < -0.4 is 5.32 Å². The molecule has 0 aliphatic heterocycles. The molecule has 0 spiro atoms. The van der Waals surface area contributed by atoms with Gasteiger partial charge in [-0.15, -0.1) is 11.3 Å². The van der Waals surface area contributed by atoms with Crippen LogP contribution in [-0.2, 0) is 4.79 Å². The van der Waals surface area contributed by atoms with Crippen molar-refractivity contribution >= 4 is 28.7 Å². The summed E-state index contributed by atoms with van der Waals surface area (Å²) in [7, 11) is 0. The molecule has 1 aromatic carbocycles. The number of hydrogen-bond donors (Lipinski definition) is 2. The quantitative estimate of drug-likeness (QED) is 0.652. The molecule has 6 nitrogen and oxygen atoms in total. The van der Waals surface area contributed by atoms with Crippen molar-refractivity contribution in [3.8, 4) is 0 Å². The van der Waals surface area contributed by atoms with Crippen LogP contribution >= 0.6 is 11.3 Å². The fourth-order valence-corrected chi connectivity index (χ4v) is 2.55. The second kappa shape index (κ2) is 5.70. The van der Waals surface area contributed by atoms with Crippen molar-refractivity contribution in [1.82, 2.24) is 0 Å². The van der Waals surface area contributed by atoms with Gasteiger partial charge in [-0.1, -0.05) is 12.1 Å². The normalized spacial score (nSPS) is 11.8. The summed E-state index contributed by atoms with van der Waals surface area (Å²) < 4.78 is 0. The summed E-state index contributed by atoms with van der Waals surface area (Å²) >= 11 is 1.28. The molecule has 1 unspecified atom stereocenters. The summed E-state index contributed by atoms with van der Waals surface area (Å²) in [5.41, 5.74) is 0.805. The lowest BCUT2D eigenvalue weighted by atomic mass is 10.1. The molecular formula is C13H12N2O4S. The molecule has 1 aromatic heterocycles. The largest absolute Gasteiger partial charge is 0.479 e. The van der Waals surface area contributed by atoms with Gasteiger partial charge in [-0.2, -0.15) is 0 Å². The third-order valence-electron chi connectivity index (χ3n) is 2.72. The van der Waals surface area contributed by atoms with Crippen LogP contribution in [0.25, 0.3) is 0 Å². The molecule has 0 fully saturated rings. The Morgan fingerprint density at radius 3 is 2.75 bits per heavy atom. The molecule has 2 N–H and O–H groups in total. The molecule has 2 rings (SSSR count). The van der Waals surface area contributed by atoms with Crippen molar-refractivity contribution in [1.29, 1.82) is 0 Å². The summed E-state index contributed by atoms with van der Waals surface area (Å²) in [4.78, 5) is 22.4. The van der Waals surface area contributed by atoms with Gasteiger partial charge in [0.25, 0.3) is 5.69 Å². The zero-order valence-corrected chi connectivity index (χ0v) is 11.4. The van der Waals surface area contributed by atoms with E-state index in [1.807, 2.05) is 0 Å². The van der Waals surface area contributed by atoms with Crippen molar-refractivity contribution in [2.45, 2.75) is 13.0 Å². The number of carboxylic acid groups (broad SMARTS) is 1. The Morgan fingerprint density at radius 2 is 2.20 bits per heavy atom. The van der Waals surface area contributed by atoms with Gasteiger partial charge in [0, 0.05) is 10.9 Å². The summed E-state index contributed by atoms with van der Waals surface area (Å²) in [6.07, 6.45) is 0. The Hall–Kier alpha value is -2.41. The number of nitrogens with zero attached hydrogens (tertiary/aromatic N) is 1. The van der Waals surface area contributed by atoms with E-state index in [0.29, 0.717) is 4.88 Å². The molecule has 2 aromatic rings. The number of rotatable bonds is 5. The van der Waals surface area contributed by atoms with Gasteiger partial charge < -0.3 is 10.4 Å². The van der Waals surface area contributed by atoms with Crippen molar-refractivity contribution in [3.63, 3.8) is 0 Å². The molecular weight excluding hydrogens is 280 g/mol. The van der Waals surface area contributed by atoms with Crippen molar-refractivity contribution in [3.05, 3.63) is 56.3 Å². The number of carbonyl (C=O) groups is 1. The number of aryl methyl sites for hydroxylation is 1. The maximum atomic E-state index is 11.3. The minimum Gasteiger partial charge on any atom is -0.479 e. The highest BCUT2D eigenvalue weighted by atomic mass is 32.1. The van der Waals surface area contributed by atoms with Crippen molar-refractivity contribution < 1.29 is 14.8 Å². The van der Waals surface area contributed by atoms with Gasteiger partial charge in [-0.05, 0) is 30.0 Å². The lowest BCUT2D eigenvalue weighted by Crippen LogP contribution is -2.20. The summed E-state index contributed by atoms with van der Waals surface area (Å²) in [5, 5.41) is 24.8. The van der Waals surface area contributed by atoms with Crippen LogP contribution in [0.4, 0.5) is 11.4 Å². The van der Waals surface area contributed by atoms with Gasteiger partial charge in [0.05, 0.1) is 4.92 Å². The average Bonchev–Trinajstić information content (AvgIpc) is 2.90. The van der Waals surface area contributed by atoms with Gasteiger partial charge in [0.1, 0.15) is 5.69 Å². The van der Waals surface area contributed by atoms with Crippen LogP contribution in [0.15, 0.2) is 35.7 Å². The highest BCUT2D eigenvalue weighted by Gasteiger charge is 2.24. The molecule has 1 atom stereocenters. The third-order valence-corrected chi connectivity index (χ3v) is 3.66. The Balaban J connectivity index is 2.37. The predicted octanol–water partition coefficient (Wildman–Crippen LogP) is 3.20. The second-order valence-corrected chi connectivity index (χ2v) is 5.19. The molecule has 0 bridgehead atoms. The van der Waals surface area contributed by atoms with Crippen LogP contribution in [0, 0.1) is 17.0 Å². The van der Waals surface area contributed by atoms with E-state index in [9.17, 15) is 20.0 Å². The van der Waals surface area contributed by atoms with Gasteiger partial charge in [-0.25, -0.2) is 4.79 Å². The monoisotopic (exact) mass is 292 g/mol. The van der Waals surface area contributed by atoms with Gasteiger partial charge in [0.2, 0.25) is 0 Å². The van der Waals surface area contributed by atoms with E-state index in [4.69, 9.17) is 0 Å². The van der Waals surface area contributed by atoms with Gasteiger partial charge in [0.15, 0.2) is 6.04 Å². The second-order valence-electron chi connectivity index (χ2n) is 4.21. The Kier molecular flexibility index (Phi) is 3.99. The van der Waals surface area contributed by atoms with Crippen LogP contribution in [0.3, 0.4) is 0 Å². The Labute approximate surface area is 118 Å². The van der Waals surface area contributed by atoms with Crippen LogP contribution in [0.2, 0.25) is 0 Å². The highest BCUT2D eigenvalue weighted by molar-refractivity contribution is 7.10. The molecule has 0 saturated carbocycles. The minimum atomic E-state index is -1.08. The maximum absolute atomic E-state index is 11.3. The zero-order chi connectivity index (χ0) is 14.7. The van der Waals surface area contributed by atoms with E-state index < -0.39 is 16.9 Å². The molecule has 0 amide bonds.